The van der Waals surface area contributed by atoms with Crippen molar-refractivity contribution in [2.75, 3.05) is 18.9 Å². The van der Waals surface area contributed by atoms with Crippen LogP contribution in [0.3, 0.4) is 0 Å². The van der Waals surface area contributed by atoms with Crippen LogP contribution >= 0.6 is 0 Å². The van der Waals surface area contributed by atoms with Crippen LogP contribution in [0.2, 0.25) is 0 Å². The third kappa shape index (κ3) is 5.76. The highest BCUT2D eigenvalue weighted by Gasteiger charge is 2.16. The van der Waals surface area contributed by atoms with E-state index in [0.717, 1.165) is 12.1 Å². The van der Waals surface area contributed by atoms with Crippen LogP contribution in [0, 0.1) is 5.41 Å². The van der Waals surface area contributed by atoms with Crippen molar-refractivity contribution in [1.29, 1.82) is 5.41 Å². The summed E-state index contributed by atoms with van der Waals surface area (Å²) < 4.78 is 0. The first kappa shape index (κ1) is 14.8. The number of carbonyl (C=O) groups is 1. The maximum atomic E-state index is 11.8. The van der Waals surface area contributed by atoms with Crippen molar-refractivity contribution in [2.45, 2.75) is 18.9 Å². The number of anilines is 1. The molecule has 1 aromatic rings. The number of nitrogens with one attached hydrogen (secondary N) is 4. The van der Waals surface area contributed by atoms with Gasteiger partial charge in [-0.25, -0.2) is 0 Å². The summed E-state index contributed by atoms with van der Waals surface area (Å²) >= 11 is 0. The number of guanidine groups is 1. The molecule has 6 N–H and O–H groups in total. The Morgan fingerprint density at radius 2 is 2.05 bits per heavy atom. The summed E-state index contributed by atoms with van der Waals surface area (Å²) in [6, 6.07) is 9.31. The third-order valence-corrected chi connectivity index (χ3v) is 2.66. The topological polar surface area (TPSA) is 103 Å². The van der Waals surface area contributed by atoms with Gasteiger partial charge < -0.3 is 21.7 Å². The second-order valence-corrected chi connectivity index (χ2v) is 4.16. The molecule has 0 aliphatic carbocycles. The number of nitrogens with two attached hydrogens (primary N) is 1. The maximum absolute atomic E-state index is 11.8. The van der Waals surface area contributed by atoms with Crippen molar-refractivity contribution in [3.05, 3.63) is 30.3 Å². The molecule has 0 unspecified atom stereocenters. The standard InChI is InChI=1S/C13H21N5O/c1-16-12(19)11(8-5-9-17-13(14)15)18-10-6-3-2-4-7-10/h2-4,6-7,11,18H,5,8-9H2,1H3,(H,16,19)(H4,14,15,17)/t11-/m0/s1. The normalized spacial score (nSPS) is 11.4. The van der Waals surface area contributed by atoms with Crippen LogP contribution in [-0.2, 0) is 4.79 Å². The highest BCUT2D eigenvalue weighted by molar-refractivity contribution is 5.84. The van der Waals surface area contributed by atoms with Crippen LogP contribution < -0.4 is 21.7 Å². The summed E-state index contributed by atoms with van der Waals surface area (Å²) in [6.45, 7) is 0.583. The van der Waals surface area contributed by atoms with Gasteiger partial charge >= 0.3 is 0 Å². The molecule has 6 heteroatoms. The van der Waals surface area contributed by atoms with Crippen LogP contribution in [0.5, 0.6) is 0 Å². The first-order valence-electron chi connectivity index (χ1n) is 6.24. The SMILES string of the molecule is CNC(=O)[C@H](CCCNC(=N)N)Nc1ccccc1. The minimum atomic E-state index is -0.291. The maximum Gasteiger partial charge on any atom is 0.242 e. The lowest BCUT2D eigenvalue weighted by Gasteiger charge is -2.18. The number of amides is 1. The zero-order chi connectivity index (χ0) is 14.1. The molecule has 19 heavy (non-hydrogen) atoms. The number of likely N-dealkylation sites (N-methyl/N-ethyl adjacent to an activating group) is 1. The van der Waals surface area contributed by atoms with Gasteiger partial charge in [-0.15, -0.1) is 0 Å². The minimum absolute atomic E-state index is 0.0486. The van der Waals surface area contributed by atoms with Gasteiger partial charge in [0.25, 0.3) is 0 Å². The van der Waals surface area contributed by atoms with Gasteiger partial charge in [-0.1, -0.05) is 18.2 Å². The molecular formula is C13H21N5O. The van der Waals surface area contributed by atoms with E-state index in [1.54, 1.807) is 7.05 Å². The molecule has 0 aliphatic rings. The molecule has 6 nitrogen and oxygen atoms in total. The number of hydrogen-bond acceptors (Lipinski definition) is 3. The van der Waals surface area contributed by atoms with Crippen molar-refractivity contribution >= 4 is 17.6 Å². The number of carbonyl (C=O) groups excluding carboxylic acids is 1. The van der Waals surface area contributed by atoms with Gasteiger partial charge in [-0.05, 0) is 25.0 Å². The number of hydrogen-bond donors (Lipinski definition) is 5. The molecule has 0 spiro atoms. The lowest BCUT2D eigenvalue weighted by molar-refractivity contribution is -0.121. The third-order valence-electron chi connectivity index (χ3n) is 2.66. The molecule has 1 amide bonds. The molecule has 0 aliphatic heterocycles. The first-order chi connectivity index (χ1) is 9.13. The lowest BCUT2D eigenvalue weighted by Crippen LogP contribution is -2.38. The number of benzene rings is 1. The molecular weight excluding hydrogens is 242 g/mol. The van der Waals surface area contributed by atoms with E-state index in [2.05, 4.69) is 16.0 Å². The van der Waals surface area contributed by atoms with Gasteiger partial charge in [0.15, 0.2) is 5.96 Å². The Kier molecular flexibility index (Phi) is 6.21. The minimum Gasteiger partial charge on any atom is -0.374 e. The van der Waals surface area contributed by atoms with E-state index in [1.807, 2.05) is 30.3 Å². The summed E-state index contributed by atoms with van der Waals surface area (Å²) in [6.07, 6.45) is 1.41. The quantitative estimate of drug-likeness (QED) is 0.280. The van der Waals surface area contributed by atoms with Crippen LogP contribution in [0.25, 0.3) is 0 Å². The van der Waals surface area contributed by atoms with Gasteiger partial charge in [-0.3, -0.25) is 10.2 Å². The first-order valence-corrected chi connectivity index (χ1v) is 6.24. The molecule has 0 bridgehead atoms. The van der Waals surface area contributed by atoms with Crippen molar-refractivity contribution in [3.8, 4) is 0 Å². The predicted octanol–water partition coefficient (Wildman–Crippen LogP) is 0.476. The molecule has 1 aromatic carbocycles. The van der Waals surface area contributed by atoms with E-state index in [4.69, 9.17) is 11.1 Å². The van der Waals surface area contributed by atoms with E-state index >= 15 is 0 Å². The number of para-hydroxylation sites is 1. The van der Waals surface area contributed by atoms with Gasteiger partial charge in [0.05, 0.1) is 0 Å². The Hall–Kier alpha value is -2.24. The molecule has 1 atom stereocenters. The highest BCUT2D eigenvalue weighted by atomic mass is 16.2. The molecule has 104 valence electrons. The molecule has 0 heterocycles. The zero-order valence-corrected chi connectivity index (χ0v) is 11.1. The summed E-state index contributed by atoms with van der Waals surface area (Å²) in [4.78, 5) is 11.8. The second-order valence-electron chi connectivity index (χ2n) is 4.16. The Morgan fingerprint density at radius 3 is 2.63 bits per heavy atom. The summed E-state index contributed by atoms with van der Waals surface area (Å²) in [7, 11) is 1.62. The molecule has 0 aromatic heterocycles. The molecule has 0 saturated heterocycles. The van der Waals surface area contributed by atoms with E-state index < -0.39 is 0 Å². The Bertz CT molecular complexity index is 407. The largest absolute Gasteiger partial charge is 0.374 e. The lowest BCUT2D eigenvalue weighted by atomic mass is 10.1. The van der Waals surface area contributed by atoms with Crippen LogP contribution in [0.4, 0.5) is 5.69 Å². The smallest absolute Gasteiger partial charge is 0.242 e. The van der Waals surface area contributed by atoms with Crippen molar-refractivity contribution in [1.82, 2.24) is 10.6 Å². The van der Waals surface area contributed by atoms with E-state index in [-0.39, 0.29) is 17.9 Å². The summed E-state index contributed by atoms with van der Waals surface area (Å²) in [5.41, 5.74) is 6.11. The van der Waals surface area contributed by atoms with Gasteiger partial charge in [0.1, 0.15) is 6.04 Å². The predicted molar refractivity (Wildman–Crippen MR) is 77.1 cm³/mol. The monoisotopic (exact) mass is 263 g/mol. The average Bonchev–Trinajstić information content (AvgIpc) is 2.42. The molecule has 0 fully saturated rings. The Balaban J connectivity index is 2.48. The summed E-state index contributed by atoms with van der Waals surface area (Å²) in [5.74, 6) is -0.0980. The van der Waals surface area contributed by atoms with Gasteiger partial charge in [0, 0.05) is 19.3 Å². The van der Waals surface area contributed by atoms with Crippen molar-refractivity contribution in [2.24, 2.45) is 5.73 Å². The second kappa shape index (κ2) is 7.97. The van der Waals surface area contributed by atoms with Gasteiger partial charge in [-0.2, -0.15) is 0 Å². The van der Waals surface area contributed by atoms with Crippen molar-refractivity contribution < 1.29 is 4.79 Å². The average molecular weight is 263 g/mol. The zero-order valence-electron chi connectivity index (χ0n) is 11.1. The fourth-order valence-corrected chi connectivity index (χ4v) is 1.71. The van der Waals surface area contributed by atoms with Crippen LogP contribution in [-0.4, -0.2) is 31.5 Å². The van der Waals surface area contributed by atoms with Gasteiger partial charge in [0.2, 0.25) is 5.91 Å². The molecule has 1 rings (SSSR count). The molecule has 0 saturated carbocycles. The van der Waals surface area contributed by atoms with Crippen molar-refractivity contribution in [3.63, 3.8) is 0 Å². The number of rotatable bonds is 7. The molecule has 0 radical (unpaired) electrons. The van der Waals surface area contributed by atoms with Crippen LogP contribution in [0.1, 0.15) is 12.8 Å². The van der Waals surface area contributed by atoms with E-state index in [9.17, 15) is 4.79 Å². The van der Waals surface area contributed by atoms with E-state index in [0.29, 0.717) is 13.0 Å². The fourth-order valence-electron chi connectivity index (χ4n) is 1.71. The Morgan fingerprint density at radius 1 is 1.37 bits per heavy atom. The summed E-state index contributed by atoms with van der Waals surface area (Å²) in [5, 5.41) is 15.6. The highest BCUT2D eigenvalue weighted by Crippen LogP contribution is 2.10. The Labute approximate surface area is 113 Å². The van der Waals surface area contributed by atoms with Crippen LogP contribution in [0.15, 0.2) is 30.3 Å². The fraction of sp³-hybridized carbons (Fsp3) is 0.385. The van der Waals surface area contributed by atoms with E-state index in [1.165, 1.54) is 0 Å².